The predicted molar refractivity (Wildman–Crippen MR) is 92.4 cm³/mol. The number of halogens is 2. The summed E-state index contributed by atoms with van der Waals surface area (Å²) in [5.41, 5.74) is 0.691. The van der Waals surface area contributed by atoms with Gasteiger partial charge in [0.15, 0.2) is 0 Å². The molecule has 2 aromatic heterocycles. The van der Waals surface area contributed by atoms with Gasteiger partial charge < -0.3 is 4.55 Å². The molecule has 0 fully saturated rings. The van der Waals surface area contributed by atoms with Crippen LogP contribution in [0.3, 0.4) is 0 Å². The van der Waals surface area contributed by atoms with E-state index in [2.05, 4.69) is 25.3 Å². The standard InChI is InChI=1S/C13H14BrClN2OS2/c1-7(17-20(18)13(2,3)4)10-9(15)8-5-6-16-12(14)11(8)19-10/h5-6H,1-4H3. The fraction of sp³-hybridized carbons (Fsp3) is 0.385. The van der Waals surface area contributed by atoms with E-state index in [1.807, 2.05) is 33.8 Å². The van der Waals surface area contributed by atoms with Gasteiger partial charge in [-0.2, -0.15) is 0 Å². The molecule has 0 spiro atoms. The minimum Gasteiger partial charge on any atom is -0.591 e. The molecule has 0 aromatic carbocycles. The molecule has 0 saturated heterocycles. The largest absolute Gasteiger partial charge is 0.591 e. The van der Waals surface area contributed by atoms with Gasteiger partial charge in [-0.25, -0.2) is 4.98 Å². The second-order valence-electron chi connectivity index (χ2n) is 5.26. The van der Waals surface area contributed by atoms with Gasteiger partial charge in [-0.15, -0.1) is 11.3 Å². The number of fused-ring (bicyclic) bond motifs is 1. The predicted octanol–water partition coefficient (Wildman–Crippen LogP) is 4.98. The first kappa shape index (κ1) is 16.2. The van der Waals surface area contributed by atoms with Crippen molar-refractivity contribution in [3.05, 3.63) is 26.8 Å². The van der Waals surface area contributed by atoms with Crippen LogP contribution in [0.25, 0.3) is 10.1 Å². The van der Waals surface area contributed by atoms with Crippen LogP contribution in [-0.2, 0) is 11.4 Å². The van der Waals surface area contributed by atoms with Crippen LogP contribution in [0.4, 0.5) is 0 Å². The zero-order chi connectivity index (χ0) is 15.1. The Balaban J connectivity index is 2.51. The van der Waals surface area contributed by atoms with Crippen molar-refractivity contribution in [3.63, 3.8) is 0 Å². The summed E-state index contributed by atoms with van der Waals surface area (Å²) in [6.07, 6.45) is 1.70. The maximum absolute atomic E-state index is 12.1. The average molecular weight is 394 g/mol. The molecule has 0 amide bonds. The Kier molecular flexibility index (Phi) is 4.81. The Morgan fingerprint density at radius 2 is 2.15 bits per heavy atom. The Bertz CT molecular complexity index is 679. The van der Waals surface area contributed by atoms with Gasteiger partial charge in [0, 0.05) is 11.6 Å². The lowest BCUT2D eigenvalue weighted by Crippen LogP contribution is -2.26. The topological polar surface area (TPSA) is 48.3 Å². The van der Waals surface area contributed by atoms with Crippen LogP contribution in [-0.4, -0.2) is 20.0 Å². The Labute approximate surface area is 138 Å². The lowest BCUT2D eigenvalue weighted by molar-refractivity contribution is 0.561. The minimum atomic E-state index is -1.29. The van der Waals surface area contributed by atoms with E-state index < -0.39 is 11.4 Å². The molecule has 0 aliphatic heterocycles. The molecule has 1 unspecified atom stereocenters. The highest BCUT2D eigenvalue weighted by Gasteiger charge is 2.27. The Morgan fingerprint density at radius 1 is 1.50 bits per heavy atom. The third-order valence-electron chi connectivity index (χ3n) is 2.57. The first-order valence-electron chi connectivity index (χ1n) is 5.92. The van der Waals surface area contributed by atoms with Gasteiger partial charge in [-0.3, -0.25) is 0 Å². The summed E-state index contributed by atoms with van der Waals surface area (Å²) in [6, 6.07) is 1.87. The lowest BCUT2D eigenvalue weighted by atomic mass is 10.2. The molecular formula is C13H14BrClN2OS2. The zero-order valence-corrected chi connectivity index (χ0v) is 15.5. The third kappa shape index (κ3) is 3.20. The van der Waals surface area contributed by atoms with Crippen LogP contribution < -0.4 is 0 Å². The van der Waals surface area contributed by atoms with Gasteiger partial charge >= 0.3 is 0 Å². The lowest BCUT2D eigenvalue weighted by Gasteiger charge is -2.18. The van der Waals surface area contributed by atoms with Gasteiger partial charge in [0.25, 0.3) is 0 Å². The van der Waals surface area contributed by atoms with Gasteiger partial charge in [-0.05, 0) is 49.7 Å². The van der Waals surface area contributed by atoms with Crippen molar-refractivity contribution in [2.45, 2.75) is 32.4 Å². The van der Waals surface area contributed by atoms with Crippen LogP contribution in [0.1, 0.15) is 32.6 Å². The first-order valence-corrected chi connectivity index (χ1v) is 9.01. The third-order valence-corrected chi connectivity index (χ3v) is 6.75. The van der Waals surface area contributed by atoms with E-state index in [1.54, 1.807) is 6.20 Å². The molecule has 2 heterocycles. The van der Waals surface area contributed by atoms with Crippen molar-refractivity contribution in [2.24, 2.45) is 4.40 Å². The molecule has 3 nitrogen and oxygen atoms in total. The normalized spacial score (nSPS) is 14.8. The van der Waals surface area contributed by atoms with E-state index in [0.717, 1.165) is 19.6 Å². The van der Waals surface area contributed by atoms with Gasteiger partial charge in [0.1, 0.15) is 26.4 Å². The van der Waals surface area contributed by atoms with Crippen LogP contribution in [0.15, 0.2) is 21.3 Å². The maximum atomic E-state index is 12.1. The van der Waals surface area contributed by atoms with Crippen molar-refractivity contribution < 1.29 is 4.55 Å². The molecule has 0 saturated carbocycles. The average Bonchev–Trinajstić information content (AvgIpc) is 2.67. The number of rotatable bonds is 2. The minimum absolute atomic E-state index is 0.382. The van der Waals surface area contributed by atoms with E-state index in [1.165, 1.54) is 11.3 Å². The number of aromatic nitrogens is 1. The van der Waals surface area contributed by atoms with E-state index in [9.17, 15) is 4.55 Å². The summed E-state index contributed by atoms with van der Waals surface area (Å²) >= 11 is 10.0. The second-order valence-corrected chi connectivity index (χ2v) is 9.32. The van der Waals surface area contributed by atoms with Crippen molar-refractivity contribution in [3.8, 4) is 0 Å². The van der Waals surface area contributed by atoms with Crippen LogP contribution in [0, 0.1) is 0 Å². The van der Waals surface area contributed by atoms with Gasteiger partial charge in [0.05, 0.1) is 14.6 Å². The van der Waals surface area contributed by atoms with Crippen molar-refractivity contribution in [1.82, 2.24) is 4.98 Å². The van der Waals surface area contributed by atoms with Crippen LogP contribution >= 0.6 is 38.9 Å². The van der Waals surface area contributed by atoms with E-state index in [-0.39, 0.29) is 4.75 Å². The highest BCUT2D eigenvalue weighted by molar-refractivity contribution is 9.10. The molecule has 2 rings (SSSR count). The first-order chi connectivity index (χ1) is 9.21. The monoisotopic (exact) mass is 392 g/mol. The molecule has 7 heteroatoms. The summed E-state index contributed by atoms with van der Waals surface area (Å²) in [5, 5.41) is 1.57. The van der Waals surface area contributed by atoms with Crippen molar-refractivity contribution in [1.29, 1.82) is 0 Å². The number of hydrogen-bond acceptors (Lipinski definition) is 4. The fourth-order valence-electron chi connectivity index (χ4n) is 1.50. The summed E-state index contributed by atoms with van der Waals surface area (Å²) < 4.78 is 17.7. The maximum Gasteiger partial charge on any atom is 0.144 e. The molecule has 0 bridgehead atoms. The van der Waals surface area contributed by atoms with Gasteiger partial charge in [0.2, 0.25) is 0 Å². The highest BCUT2D eigenvalue weighted by Crippen LogP contribution is 2.38. The second kappa shape index (κ2) is 5.93. The van der Waals surface area contributed by atoms with Gasteiger partial charge in [-0.1, -0.05) is 16.0 Å². The van der Waals surface area contributed by atoms with E-state index in [0.29, 0.717) is 10.7 Å². The smallest absolute Gasteiger partial charge is 0.144 e. The summed E-state index contributed by atoms with van der Waals surface area (Å²) in [4.78, 5) is 5.03. The van der Waals surface area contributed by atoms with Crippen LogP contribution in [0.5, 0.6) is 0 Å². The van der Waals surface area contributed by atoms with Crippen molar-refractivity contribution in [2.75, 3.05) is 0 Å². The quantitative estimate of drug-likeness (QED) is 0.410. The molecule has 0 aliphatic carbocycles. The highest BCUT2D eigenvalue weighted by atomic mass is 79.9. The zero-order valence-electron chi connectivity index (χ0n) is 11.5. The molecule has 0 N–H and O–H groups in total. The molecular weight excluding hydrogens is 380 g/mol. The Morgan fingerprint density at radius 3 is 2.70 bits per heavy atom. The van der Waals surface area contributed by atoms with E-state index >= 15 is 0 Å². The molecule has 20 heavy (non-hydrogen) atoms. The Hall–Kier alpha value is -0.140. The van der Waals surface area contributed by atoms with Crippen molar-refractivity contribution >= 4 is 66.0 Å². The summed E-state index contributed by atoms with van der Waals surface area (Å²) in [7, 11) is 0. The number of nitrogens with zero attached hydrogens (tertiary/aromatic N) is 2. The van der Waals surface area contributed by atoms with E-state index in [4.69, 9.17) is 11.6 Å². The molecule has 2 aromatic rings. The summed E-state index contributed by atoms with van der Waals surface area (Å²) in [6.45, 7) is 7.52. The SMILES string of the molecule is CC(=N[S+]([O-])C(C)(C)C)c1sc2c(Br)nccc2c1Cl. The molecule has 0 aliphatic rings. The molecule has 0 radical (unpaired) electrons. The molecule has 108 valence electrons. The van der Waals surface area contributed by atoms with Crippen LogP contribution in [0.2, 0.25) is 5.02 Å². The fourth-order valence-corrected chi connectivity index (χ4v) is 4.22. The molecule has 1 atom stereocenters. The number of thiophene rings is 1. The number of pyridine rings is 1. The summed E-state index contributed by atoms with van der Waals surface area (Å²) in [5.74, 6) is 0. The number of hydrogen-bond donors (Lipinski definition) is 0.